The van der Waals surface area contributed by atoms with Gasteiger partial charge in [0, 0.05) is 38.1 Å². The van der Waals surface area contributed by atoms with E-state index >= 15 is 0 Å². The van der Waals surface area contributed by atoms with Crippen molar-refractivity contribution in [1.82, 2.24) is 9.78 Å². The Hall–Kier alpha value is -1.36. The molecule has 122 valence electrons. The maximum absolute atomic E-state index is 12.1. The molecule has 0 unspecified atom stereocenters. The minimum atomic E-state index is -0.0879. The number of nitrogens with zero attached hydrogens (tertiary/aromatic N) is 2. The number of ether oxygens (including phenoxy) is 2. The maximum Gasteiger partial charge on any atom is 0.306 e. The Morgan fingerprint density at radius 2 is 2.18 bits per heavy atom. The molecule has 2 saturated carbocycles. The molecule has 1 heterocycles. The third-order valence-corrected chi connectivity index (χ3v) is 5.26. The molecule has 2 fully saturated rings. The first-order valence-corrected chi connectivity index (χ1v) is 8.42. The Balaban J connectivity index is 1.51. The fourth-order valence-electron chi connectivity index (χ4n) is 4.05. The summed E-state index contributed by atoms with van der Waals surface area (Å²) in [4.78, 5) is 12.1. The van der Waals surface area contributed by atoms with Crippen LogP contribution in [-0.4, -0.2) is 34.6 Å². The first kappa shape index (κ1) is 15.5. The minimum Gasteiger partial charge on any atom is -0.462 e. The lowest BCUT2D eigenvalue weighted by Crippen LogP contribution is -2.58. The topological polar surface area (TPSA) is 53.4 Å². The van der Waals surface area contributed by atoms with Crippen LogP contribution in [0.1, 0.15) is 51.0 Å². The van der Waals surface area contributed by atoms with Crippen LogP contribution in [0, 0.1) is 5.41 Å². The Labute approximate surface area is 132 Å². The van der Waals surface area contributed by atoms with E-state index in [0.29, 0.717) is 12.8 Å². The molecule has 2 aliphatic carbocycles. The normalized spacial score (nSPS) is 26.1. The van der Waals surface area contributed by atoms with E-state index in [1.54, 1.807) is 10.9 Å². The monoisotopic (exact) mass is 306 g/mol. The number of rotatable bonds is 6. The van der Waals surface area contributed by atoms with Crippen LogP contribution in [-0.2, 0) is 27.7 Å². The number of hydrogen-bond acceptors (Lipinski definition) is 4. The number of aromatic nitrogens is 2. The lowest BCUT2D eigenvalue weighted by molar-refractivity contribution is -0.211. The van der Waals surface area contributed by atoms with Crippen LogP contribution in [0.5, 0.6) is 0 Å². The van der Waals surface area contributed by atoms with Crippen LogP contribution < -0.4 is 0 Å². The molecule has 0 radical (unpaired) electrons. The lowest BCUT2D eigenvalue weighted by atomic mass is 9.62. The van der Waals surface area contributed by atoms with E-state index in [9.17, 15) is 4.79 Å². The summed E-state index contributed by atoms with van der Waals surface area (Å²) in [6.07, 6.45) is 10.8. The fraction of sp³-hybridized carbons (Fsp3) is 0.765. The molecular weight excluding hydrogens is 280 g/mol. The van der Waals surface area contributed by atoms with Gasteiger partial charge in [-0.1, -0.05) is 12.8 Å². The molecule has 0 aromatic carbocycles. The summed E-state index contributed by atoms with van der Waals surface area (Å²) in [7, 11) is 1.88. The second kappa shape index (κ2) is 6.41. The average Bonchev–Trinajstić information content (AvgIpc) is 3.14. The van der Waals surface area contributed by atoms with Crippen LogP contribution >= 0.6 is 0 Å². The van der Waals surface area contributed by atoms with Crippen molar-refractivity contribution >= 4 is 5.97 Å². The van der Waals surface area contributed by atoms with Gasteiger partial charge in [0.2, 0.25) is 0 Å². The third kappa shape index (κ3) is 2.91. The van der Waals surface area contributed by atoms with E-state index in [1.165, 1.54) is 12.8 Å². The first-order valence-electron chi connectivity index (χ1n) is 8.42. The van der Waals surface area contributed by atoms with E-state index in [4.69, 9.17) is 9.47 Å². The fourth-order valence-corrected chi connectivity index (χ4v) is 4.05. The second-order valence-electron chi connectivity index (χ2n) is 6.62. The van der Waals surface area contributed by atoms with Gasteiger partial charge < -0.3 is 9.47 Å². The van der Waals surface area contributed by atoms with Gasteiger partial charge in [0.1, 0.15) is 6.10 Å². The highest BCUT2D eigenvalue weighted by atomic mass is 16.6. The maximum atomic E-state index is 12.1. The van der Waals surface area contributed by atoms with Gasteiger partial charge in [0.05, 0.1) is 12.3 Å². The van der Waals surface area contributed by atoms with Gasteiger partial charge in [-0.3, -0.25) is 9.48 Å². The van der Waals surface area contributed by atoms with Crippen LogP contribution in [0.3, 0.4) is 0 Å². The van der Waals surface area contributed by atoms with E-state index < -0.39 is 0 Å². The Bertz CT molecular complexity index is 520. The summed E-state index contributed by atoms with van der Waals surface area (Å²) in [6.45, 7) is 2.78. The SMILES string of the molecule is CCO[C@@H]1C[C@H](OC(=O)CCc2cnn(C)c2)C12CCCC2. The second-order valence-corrected chi connectivity index (χ2v) is 6.62. The number of esters is 1. The molecule has 1 aromatic rings. The van der Waals surface area contributed by atoms with Crippen LogP contribution in [0.4, 0.5) is 0 Å². The molecule has 5 nitrogen and oxygen atoms in total. The molecule has 0 aliphatic heterocycles. The molecule has 2 aliphatic rings. The number of hydrogen-bond donors (Lipinski definition) is 0. The first-order chi connectivity index (χ1) is 10.6. The van der Waals surface area contributed by atoms with Gasteiger partial charge in [0.15, 0.2) is 0 Å². The lowest BCUT2D eigenvalue weighted by Gasteiger charge is -2.52. The Morgan fingerprint density at radius 3 is 2.82 bits per heavy atom. The van der Waals surface area contributed by atoms with Crippen molar-refractivity contribution in [3.05, 3.63) is 18.0 Å². The van der Waals surface area contributed by atoms with Crippen molar-refractivity contribution in [3.63, 3.8) is 0 Å². The Morgan fingerprint density at radius 1 is 1.41 bits per heavy atom. The third-order valence-electron chi connectivity index (χ3n) is 5.26. The van der Waals surface area contributed by atoms with E-state index in [-0.39, 0.29) is 23.6 Å². The predicted molar refractivity (Wildman–Crippen MR) is 82.3 cm³/mol. The minimum absolute atomic E-state index is 0.0629. The van der Waals surface area contributed by atoms with Crippen LogP contribution in [0.2, 0.25) is 0 Å². The molecule has 0 bridgehead atoms. The predicted octanol–water partition coefficient (Wildman–Crippen LogP) is 2.63. The molecule has 5 heteroatoms. The van der Waals surface area contributed by atoms with E-state index in [1.807, 2.05) is 20.2 Å². The van der Waals surface area contributed by atoms with Crippen molar-refractivity contribution in [3.8, 4) is 0 Å². The summed E-state index contributed by atoms with van der Waals surface area (Å²) in [5.74, 6) is -0.0879. The van der Waals surface area contributed by atoms with Crippen molar-refractivity contribution in [2.75, 3.05) is 6.61 Å². The van der Waals surface area contributed by atoms with Gasteiger partial charge in [0.25, 0.3) is 0 Å². The highest BCUT2D eigenvalue weighted by Gasteiger charge is 2.58. The zero-order valence-corrected chi connectivity index (χ0v) is 13.6. The molecule has 22 heavy (non-hydrogen) atoms. The molecule has 1 aromatic heterocycles. The van der Waals surface area contributed by atoms with Gasteiger partial charge in [-0.05, 0) is 31.7 Å². The zero-order valence-electron chi connectivity index (χ0n) is 13.6. The number of carbonyl (C=O) groups excluding carboxylic acids is 1. The molecule has 2 atom stereocenters. The number of carbonyl (C=O) groups is 1. The summed E-state index contributed by atoms with van der Waals surface area (Å²) in [5.41, 5.74) is 1.19. The smallest absolute Gasteiger partial charge is 0.306 e. The summed E-state index contributed by atoms with van der Waals surface area (Å²) in [6, 6.07) is 0. The zero-order chi connectivity index (χ0) is 15.6. The average molecular weight is 306 g/mol. The highest BCUT2D eigenvalue weighted by Crippen LogP contribution is 2.56. The molecule has 0 N–H and O–H groups in total. The molecule has 0 saturated heterocycles. The van der Waals surface area contributed by atoms with Crippen molar-refractivity contribution in [2.24, 2.45) is 12.5 Å². The van der Waals surface area contributed by atoms with Gasteiger partial charge >= 0.3 is 5.97 Å². The number of aryl methyl sites for hydroxylation is 2. The molecule has 0 amide bonds. The Kier molecular flexibility index (Phi) is 4.52. The van der Waals surface area contributed by atoms with Crippen molar-refractivity contribution < 1.29 is 14.3 Å². The van der Waals surface area contributed by atoms with E-state index in [0.717, 1.165) is 31.4 Å². The van der Waals surface area contributed by atoms with E-state index in [2.05, 4.69) is 5.10 Å². The quantitative estimate of drug-likeness (QED) is 0.758. The summed E-state index contributed by atoms with van der Waals surface area (Å²) < 4.78 is 13.4. The molecule has 3 rings (SSSR count). The van der Waals surface area contributed by atoms with Gasteiger partial charge in [-0.2, -0.15) is 5.10 Å². The van der Waals surface area contributed by atoms with Crippen molar-refractivity contribution in [1.29, 1.82) is 0 Å². The van der Waals surface area contributed by atoms with Gasteiger partial charge in [-0.15, -0.1) is 0 Å². The summed E-state index contributed by atoms with van der Waals surface area (Å²) in [5, 5.41) is 4.12. The molecular formula is C17H26N2O3. The molecule has 1 spiro atoms. The highest BCUT2D eigenvalue weighted by molar-refractivity contribution is 5.70. The van der Waals surface area contributed by atoms with Crippen molar-refractivity contribution in [2.45, 2.75) is 64.1 Å². The standard InChI is InChI=1S/C17H26N2O3/c1-3-21-14-10-15(17(14)8-4-5-9-17)22-16(20)7-6-13-11-18-19(2)12-13/h11-12,14-15H,3-10H2,1-2H3/t14-,15+/m1/s1. The van der Waals surface area contributed by atoms with Crippen LogP contribution in [0.15, 0.2) is 12.4 Å². The van der Waals surface area contributed by atoms with Crippen LogP contribution in [0.25, 0.3) is 0 Å². The summed E-state index contributed by atoms with van der Waals surface area (Å²) >= 11 is 0. The largest absolute Gasteiger partial charge is 0.462 e. The van der Waals surface area contributed by atoms with Gasteiger partial charge in [-0.25, -0.2) is 0 Å².